The summed E-state index contributed by atoms with van der Waals surface area (Å²) in [5.74, 6) is 0. The second-order valence-corrected chi connectivity index (χ2v) is 5.51. The number of benzene rings is 2. The molecule has 3 rings (SSSR count). The molecule has 0 amide bonds. The third-order valence-corrected chi connectivity index (χ3v) is 3.99. The van der Waals surface area contributed by atoms with Crippen molar-refractivity contribution in [2.75, 3.05) is 7.11 Å². The summed E-state index contributed by atoms with van der Waals surface area (Å²) in [6, 6.07) is 16.3. The first-order chi connectivity index (χ1) is 11.2. The zero-order valence-electron chi connectivity index (χ0n) is 16.1. The first kappa shape index (κ1) is 30.2. The zero-order valence-corrected chi connectivity index (χ0v) is 19.1. The van der Waals surface area contributed by atoms with Gasteiger partial charge in [0.1, 0.15) is 0 Å². The van der Waals surface area contributed by atoms with Crippen LogP contribution in [0.3, 0.4) is 0 Å². The van der Waals surface area contributed by atoms with Gasteiger partial charge in [0.2, 0.25) is 0 Å². The van der Waals surface area contributed by atoms with Crippen molar-refractivity contribution in [2.24, 2.45) is 0 Å². The largest absolute Gasteiger partial charge is 4.00 e. The van der Waals surface area contributed by atoms with Gasteiger partial charge in [-0.25, -0.2) is 0 Å². The molecule has 0 spiro atoms. The van der Waals surface area contributed by atoms with Crippen molar-refractivity contribution in [3.63, 3.8) is 0 Å². The summed E-state index contributed by atoms with van der Waals surface area (Å²) < 4.78 is 0. The summed E-state index contributed by atoms with van der Waals surface area (Å²) in [5, 5.41) is 9.46. The molecule has 1 aliphatic rings. The Hall–Kier alpha value is -0.566. The van der Waals surface area contributed by atoms with E-state index in [-0.39, 0.29) is 46.5 Å². The molecule has 2 aromatic rings. The Morgan fingerprint density at radius 3 is 2.12 bits per heavy atom. The first-order valence-corrected chi connectivity index (χ1v) is 8.19. The molecule has 26 heavy (non-hydrogen) atoms. The number of aliphatic hydroxyl groups excluding tert-OH is 1. The van der Waals surface area contributed by atoms with Gasteiger partial charge in [-0.05, 0) is 20.3 Å². The maximum absolute atomic E-state index is 7.00. The normalized spacial score (nSPS) is 11.5. The van der Waals surface area contributed by atoms with E-state index in [0.29, 0.717) is 0 Å². The van der Waals surface area contributed by atoms with Crippen LogP contribution in [0.4, 0.5) is 0 Å². The second kappa shape index (κ2) is 16.6. The molecule has 0 aromatic heterocycles. The van der Waals surface area contributed by atoms with Gasteiger partial charge in [0.25, 0.3) is 0 Å². The van der Waals surface area contributed by atoms with Crippen molar-refractivity contribution in [1.29, 1.82) is 0 Å². The van der Waals surface area contributed by atoms with Crippen molar-refractivity contribution in [3.05, 3.63) is 72.2 Å². The van der Waals surface area contributed by atoms with Crippen LogP contribution in [0.15, 0.2) is 53.6 Å². The number of aliphatic hydroxyl groups is 1. The molecule has 0 unspecified atom stereocenters. The van der Waals surface area contributed by atoms with Crippen LogP contribution >= 0.6 is 0 Å². The summed E-state index contributed by atoms with van der Waals surface area (Å²) in [4.78, 5) is 0. The zero-order chi connectivity index (χ0) is 17.2. The van der Waals surface area contributed by atoms with Gasteiger partial charge < -0.3 is 36.8 Å². The van der Waals surface area contributed by atoms with E-state index in [0.717, 1.165) is 20.0 Å². The van der Waals surface area contributed by atoms with Crippen molar-refractivity contribution >= 4 is 16.3 Å². The second-order valence-electron chi connectivity index (χ2n) is 5.51. The number of rotatable bonds is 2. The average molecular weight is 427 g/mol. The monoisotopic (exact) mass is 426 g/mol. The third kappa shape index (κ3) is 8.42. The Labute approximate surface area is 186 Å². The summed E-state index contributed by atoms with van der Waals surface area (Å²) in [6.45, 7) is 10.1. The topological polar surface area (TPSA) is 20.2 Å². The van der Waals surface area contributed by atoms with Crippen molar-refractivity contribution in [1.82, 2.24) is 0 Å². The molecule has 0 saturated heterocycles. The van der Waals surface area contributed by atoms with Crippen molar-refractivity contribution < 1.29 is 51.6 Å². The fourth-order valence-corrected chi connectivity index (χ4v) is 2.40. The van der Waals surface area contributed by atoms with E-state index in [1.54, 1.807) is 0 Å². The minimum absolute atomic E-state index is 0. The molecule has 0 aliphatic heterocycles. The molecule has 4 heteroatoms. The summed E-state index contributed by atoms with van der Waals surface area (Å²) in [5.41, 5.74) is 5.49. The third-order valence-electron chi connectivity index (χ3n) is 3.99. The van der Waals surface area contributed by atoms with Gasteiger partial charge in [0.15, 0.2) is 0 Å². The van der Waals surface area contributed by atoms with Gasteiger partial charge in [-0.3, -0.25) is 0 Å². The summed E-state index contributed by atoms with van der Waals surface area (Å²) >= 11 is 0. The van der Waals surface area contributed by atoms with E-state index < -0.39 is 0 Å². The smallest absolute Gasteiger partial charge is 1.00 e. The molecular weight excluding hydrogens is 399 g/mol. The Morgan fingerprint density at radius 1 is 1.04 bits per heavy atom. The molecular formula is C22H28Cl2OTi. The molecule has 0 bridgehead atoms. The van der Waals surface area contributed by atoms with E-state index in [9.17, 15) is 0 Å². The van der Waals surface area contributed by atoms with Crippen LogP contribution in [-0.4, -0.2) is 12.2 Å². The summed E-state index contributed by atoms with van der Waals surface area (Å²) in [7, 11) is 1.00. The van der Waals surface area contributed by atoms with Crippen LogP contribution in [-0.2, 0) is 21.7 Å². The quantitative estimate of drug-likeness (QED) is 0.529. The fourth-order valence-electron chi connectivity index (χ4n) is 2.40. The van der Waals surface area contributed by atoms with Gasteiger partial charge in [-0.1, -0.05) is 59.7 Å². The maximum Gasteiger partial charge on any atom is 4.00 e. The van der Waals surface area contributed by atoms with Crippen LogP contribution in [0.5, 0.6) is 0 Å². The Kier molecular flexibility index (Phi) is 19.3. The first-order valence-electron chi connectivity index (χ1n) is 8.19. The SMILES string of the molecule is CC1=CCC(c2[c-]c3ccccc3cc2)=C1C.CO.[CH2-]CCC.[Cl-].[Cl-].[Ti+4]. The van der Waals surface area contributed by atoms with Crippen molar-refractivity contribution in [2.45, 2.75) is 40.0 Å². The molecule has 0 heterocycles. The molecule has 2 aromatic carbocycles. The van der Waals surface area contributed by atoms with E-state index in [1.165, 1.54) is 39.5 Å². The van der Waals surface area contributed by atoms with Gasteiger partial charge in [-0.15, -0.1) is 35.2 Å². The minimum Gasteiger partial charge on any atom is -1.00 e. The predicted molar refractivity (Wildman–Crippen MR) is 102 cm³/mol. The molecule has 0 saturated carbocycles. The molecule has 0 atom stereocenters. The summed E-state index contributed by atoms with van der Waals surface area (Å²) in [6.07, 6.45) is 5.63. The Morgan fingerprint density at radius 2 is 1.62 bits per heavy atom. The van der Waals surface area contributed by atoms with Crippen LogP contribution in [0.2, 0.25) is 0 Å². The van der Waals surface area contributed by atoms with Crippen LogP contribution < -0.4 is 24.8 Å². The molecule has 1 nitrogen and oxygen atoms in total. The molecule has 140 valence electrons. The van der Waals surface area contributed by atoms with Crippen molar-refractivity contribution in [3.8, 4) is 0 Å². The van der Waals surface area contributed by atoms with Gasteiger partial charge in [0, 0.05) is 7.11 Å². The fraction of sp³-hybridized carbons (Fsp3) is 0.318. The van der Waals surface area contributed by atoms with E-state index in [2.05, 4.69) is 76.2 Å². The van der Waals surface area contributed by atoms with E-state index in [1.807, 2.05) is 0 Å². The average Bonchev–Trinajstić information content (AvgIpc) is 2.95. The molecule has 1 N–H and O–H groups in total. The van der Waals surface area contributed by atoms with E-state index in [4.69, 9.17) is 5.11 Å². The number of fused-ring (bicyclic) bond motifs is 1. The molecule has 1 aliphatic carbocycles. The maximum atomic E-state index is 7.00. The minimum atomic E-state index is 0. The Balaban J connectivity index is -0.000000527. The number of unbranched alkanes of at least 4 members (excludes halogenated alkanes) is 1. The number of hydrogen-bond donors (Lipinski definition) is 1. The van der Waals surface area contributed by atoms with Crippen LogP contribution in [0.1, 0.15) is 45.6 Å². The van der Waals surface area contributed by atoms with Gasteiger partial charge in [-0.2, -0.15) is 6.42 Å². The standard InChI is InChI=1S/C17H15.C4H9.CH4O.2ClH.Ti/c1-12-7-10-17(13(12)2)16-9-8-14-5-3-4-6-15(14)11-16;1-3-4-2;1-2;;;/h3-9H,10H2,1-2H3;1,3-4H2,2H3;2H,1H3;2*1H;/q2*-1;;;;+4/p-2. The van der Waals surface area contributed by atoms with E-state index >= 15 is 0 Å². The number of halogens is 2. The number of allylic oxidation sites excluding steroid dienone is 4. The predicted octanol–water partition coefficient (Wildman–Crippen LogP) is -0.00192. The van der Waals surface area contributed by atoms with Gasteiger partial charge in [0.05, 0.1) is 0 Å². The number of hydrogen-bond acceptors (Lipinski definition) is 1. The van der Waals surface area contributed by atoms with Crippen LogP contribution in [0, 0.1) is 13.0 Å². The molecule has 0 fully saturated rings. The molecule has 0 radical (unpaired) electrons. The van der Waals surface area contributed by atoms with Crippen LogP contribution in [0.25, 0.3) is 16.3 Å². The van der Waals surface area contributed by atoms with Gasteiger partial charge >= 0.3 is 21.7 Å². The Bertz CT molecular complexity index is 691.